The van der Waals surface area contributed by atoms with Crippen LogP contribution in [0.1, 0.15) is 26.3 Å². The number of aromatic nitrogens is 1. The third-order valence-corrected chi connectivity index (χ3v) is 3.20. The first-order chi connectivity index (χ1) is 8.34. The lowest BCUT2D eigenvalue weighted by atomic mass is 9.85. The van der Waals surface area contributed by atoms with Crippen molar-refractivity contribution in [3.05, 3.63) is 40.3 Å². The maximum Gasteiger partial charge on any atom is 0.258 e. The minimum absolute atomic E-state index is 0.0178. The Morgan fingerprint density at radius 3 is 2.39 bits per heavy atom. The van der Waals surface area contributed by atoms with Crippen molar-refractivity contribution in [3.63, 3.8) is 0 Å². The van der Waals surface area contributed by atoms with Crippen molar-refractivity contribution < 1.29 is 4.74 Å². The molecular weight excluding hydrogens is 226 g/mol. The van der Waals surface area contributed by atoms with E-state index in [1.807, 2.05) is 24.4 Å². The number of fused-ring (bicyclic) bond motifs is 1. The monoisotopic (exact) mass is 245 g/mol. The summed E-state index contributed by atoms with van der Waals surface area (Å²) in [7, 11) is 3.43. The summed E-state index contributed by atoms with van der Waals surface area (Å²) in [5.41, 5.74) is 1.16. The summed E-state index contributed by atoms with van der Waals surface area (Å²) in [5.74, 6) is 0.779. The number of rotatable bonds is 1. The van der Waals surface area contributed by atoms with E-state index < -0.39 is 0 Å². The average molecular weight is 245 g/mol. The molecule has 18 heavy (non-hydrogen) atoms. The fraction of sp³-hybridized carbons (Fsp3) is 0.400. The van der Waals surface area contributed by atoms with Crippen LogP contribution in [-0.4, -0.2) is 11.7 Å². The molecule has 3 heteroatoms. The molecule has 0 N–H and O–H groups in total. The van der Waals surface area contributed by atoms with Gasteiger partial charge in [-0.3, -0.25) is 4.79 Å². The molecule has 1 aromatic carbocycles. The van der Waals surface area contributed by atoms with Crippen molar-refractivity contribution in [2.45, 2.75) is 26.2 Å². The molecule has 0 amide bonds. The van der Waals surface area contributed by atoms with Gasteiger partial charge in [-0.15, -0.1) is 0 Å². The highest BCUT2D eigenvalue weighted by atomic mass is 16.5. The third-order valence-electron chi connectivity index (χ3n) is 3.20. The minimum Gasteiger partial charge on any atom is -0.497 e. The van der Waals surface area contributed by atoms with Crippen LogP contribution in [0.2, 0.25) is 0 Å². The number of hydrogen-bond acceptors (Lipinski definition) is 2. The van der Waals surface area contributed by atoms with Crippen LogP contribution >= 0.6 is 0 Å². The standard InChI is InChI=1S/C15H19NO2/c1-15(2,3)13-9-16(4)14(17)11-7-6-10(18-5)8-12(11)13/h6-9H,1-5H3. The van der Waals surface area contributed by atoms with Crippen LogP contribution in [0.5, 0.6) is 5.75 Å². The molecule has 0 saturated heterocycles. The summed E-state index contributed by atoms with van der Waals surface area (Å²) >= 11 is 0. The van der Waals surface area contributed by atoms with Crippen molar-refractivity contribution >= 4 is 10.8 Å². The van der Waals surface area contributed by atoms with Crippen LogP contribution in [0.3, 0.4) is 0 Å². The molecular formula is C15H19NO2. The van der Waals surface area contributed by atoms with Gasteiger partial charge in [0.25, 0.3) is 5.56 Å². The number of hydrogen-bond donors (Lipinski definition) is 0. The maximum atomic E-state index is 12.1. The number of methoxy groups -OCH3 is 1. The number of nitrogens with zero attached hydrogens (tertiary/aromatic N) is 1. The molecule has 0 bridgehead atoms. The highest BCUT2D eigenvalue weighted by Crippen LogP contribution is 2.30. The topological polar surface area (TPSA) is 31.2 Å². The zero-order valence-corrected chi connectivity index (χ0v) is 11.6. The summed E-state index contributed by atoms with van der Waals surface area (Å²) in [6, 6.07) is 5.61. The molecule has 1 aromatic heterocycles. The largest absolute Gasteiger partial charge is 0.497 e. The summed E-state index contributed by atoms with van der Waals surface area (Å²) in [4.78, 5) is 12.1. The highest BCUT2D eigenvalue weighted by molar-refractivity contribution is 5.87. The molecule has 2 aromatic rings. The fourth-order valence-corrected chi connectivity index (χ4v) is 2.17. The second-order valence-electron chi connectivity index (χ2n) is 5.62. The molecule has 0 spiro atoms. The molecule has 0 aliphatic heterocycles. The summed E-state index contributed by atoms with van der Waals surface area (Å²) in [5, 5.41) is 1.72. The molecule has 0 fully saturated rings. The van der Waals surface area contributed by atoms with Crippen LogP contribution in [0.25, 0.3) is 10.8 Å². The molecule has 96 valence electrons. The Hall–Kier alpha value is -1.77. The number of aryl methyl sites for hydroxylation is 1. The van der Waals surface area contributed by atoms with Gasteiger partial charge in [0.2, 0.25) is 0 Å². The third kappa shape index (κ3) is 2.01. The predicted molar refractivity (Wildman–Crippen MR) is 74.4 cm³/mol. The zero-order chi connectivity index (χ0) is 13.5. The fourth-order valence-electron chi connectivity index (χ4n) is 2.17. The van der Waals surface area contributed by atoms with Crippen molar-refractivity contribution in [2.75, 3.05) is 7.11 Å². The number of benzene rings is 1. The van der Waals surface area contributed by atoms with Gasteiger partial charge >= 0.3 is 0 Å². The van der Waals surface area contributed by atoms with E-state index in [0.29, 0.717) is 0 Å². The summed E-state index contributed by atoms with van der Waals surface area (Å²) in [6.45, 7) is 6.43. The van der Waals surface area contributed by atoms with Gasteiger partial charge in [0.05, 0.1) is 7.11 Å². The van der Waals surface area contributed by atoms with E-state index in [4.69, 9.17) is 4.74 Å². The van der Waals surface area contributed by atoms with Crippen molar-refractivity contribution in [2.24, 2.45) is 7.05 Å². The first kappa shape index (κ1) is 12.7. The van der Waals surface area contributed by atoms with E-state index in [9.17, 15) is 4.79 Å². The predicted octanol–water partition coefficient (Wildman–Crippen LogP) is 2.84. The van der Waals surface area contributed by atoms with Crippen LogP contribution < -0.4 is 10.3 Å². The van der Waals surface area contributed by atoms with Gasteiger partial charge in [-0.1, -0.05) is 20.8 Å². The van der Waals surface area contributed by atoms with Gasteiger partial charge in [0, 0.05) is 18.6 Å². The highest BCUT2D eigenvalue weighted by Gasteiger charge is 2.19. The van der Waals surface area contributed by atoms with E-state index in [1.165, 1.54) is 0 Å². The normalized spacial score (nSPS) is 11.8. The molecule has 3 nitrogen and oxygen atoms in total. The van der Waals surface area contributed by atoms with Crippen LogP contribution in [0, 0.1) is 0 Å². The lowest BCUT2D eigenvalue weighted by Crippen LogP contribution is -2.22. The van der Waals surface area contributed by atoms with Gasteiger partial charge in [0.1, 0.15) is 5.75 Å². The molecule has 2 rings (SSSR count). The second-order valence-corrected chi connectivity index (χ2v) is 5.62. The Morgan fingerprint density at radius 1 is 1.17 bits per heavy atom. The van der Waals surface area contributed by atoms with Gasteiger partial charge in [-0.05, 0) is 34.6 Å². The zero-order valence-electron chi connectivity index (χ0n) is 11.6. The SMILES string of the molecule is COc1ccc2c(=O)n(C)cc(C(C)(C)C)c2c1. The van der Waals surface area contributed by atoms with Gasteiger partial charge in [-0.25, -0.2) is 0 Å². The minimum atomic E-state index is -0.0178. The van der Waals surface area contributed by atoms with Gasteiger partial charge in [0.15, 0.2) is 0 Å². The van der Waals surface area contributed by atoms with E-state index in [0.717, 1.165) is 22.1 Å². The van der Waals surface area contributed by atoms with Crippen molar-refractivity contribution in [1.29, 1.82) is 0 Å². The number of ether oxygens (including phenoxy) is 1. The smallest absolute Gasteiger partial charge is 0.258 e. The van der Waals surface area contributed by atoms with E-state index in [2.05, 4.69) is 20.8 Å². The van der Waals surface area contributed by atoms with Crippen LogP contribution in [-0.2, 0) is 12.5 Å². The lowest BCUT2D eigenvalue weighted by Gasteiger charge is -2.22. The first-order valence-corrected chi connectivity index (χ1v) is 6.02. The molecule has 1 heterocycles. The first-order valence-electron chi connectivity index (χ1n) is 6.02. The Labute approximate surface area is 107 Å². The molecule has 0 atom stereocenters. The molecule has 0 aliphatic carbocycles. The lowest BCUT2D eigenvalue weighted by molar-refractivity contribution is 0.415. The molecule has 0 unspecified atom stereocenters. The second kappa shape index (κ2) is 4.16. The average Bonchev–Trinajstić information content (AvgIpc) is 2.31. The van der Waals surface area contributed by atoms with E-state index >= 15 is 0 Å². The van der Waals surface area contributed by atoms with Crippen molar-refractivity contribution in [3.8, 4) is 5.75 Å². The van der Waals surface area contributed by atoms with Crippen LogP contribution in [0.15, 0.2) is 29.2 Å². The molecule has 0 radical (unpaired) electrons. The Kier molecular flexibility index (Phi) is 2.93. The number of pyridine rings is 1. The Bertz CT molecular complexity index is 648. The van der Waals surface area contributed by atoms with Crippen LogP contribution in [0.4, 0.5) is 0 Å². The molecule has 0 aliphatic rings. The van der Waals surface area contributed by atoms with Gasteiger partial charge in [-0.2, -0.15) is 0 Å². The van der Waals surface area contributed by atoms with E-state index in [-0.39, 0.29) is 11.0 Å². The van der Waals surface area contributed by atoms with Gasteiger partial charge < -0.3 is 9.30 Å². The van der Waals surface area contributed by atoms with Crippen molar-refractivity contribution in [1.82, 2.24) is 4.57 Å². The summed E-state index contributed by atoms with van der Waals surface area (Å²) < 4.78 is 6.90. The van der Waals surface area contributed by atoms with E-state index in [1.54, 1.807) is 18.7 Å². The summed E-state index contributed by atoms with van der Waals surface area (Å²) in [6.07, 6.45) is 1.92. The maximum absolute atomic E-state index is 12.1. The quantitative estimate of drug-likeness (QED) is 0.773. The molecule has 0 saturated carbocycles. The Morgan fingerprint density at radius 2 is 1.83 bits per heavy atom. The Balaban J connectivity index is 2.93.